The molecule has 1 heterocycles. The van der Waals surface area contributed by atoms with Gasteiger partial charge in [-0.15, -0.1) is 0 Å². The first-order valence-corrected chi connectivity index (χ1v) is 16.3. The summed E-state index contributed by atoms with van der Waals surface area (Å²) in [4.78, 5) is 2.60. The molecule has 0 saturated heterocycles. The molecule has 3 aromatic rings. The molecular weight excluding hydrogens is 519 g/mol. The van der Waals surface area contributed by atoms with Crippen LogP contribution in [-0.2, 0) is 41.2 Å². The zero-order valence-electron chi connectivity index (χ0n) is 24.6. The van der Waals surface area contributed by atoms with Gasteiger partial charge in [0.05, 0.1) is 10.6 Å². The van der Waals surface area contributed by atoms with Crippen molar-refractivity contribution >= 4 is 15.7 Å². The lowest BCUT2D eigenvalue weighted by Crippen LogP contribution is -2.32. The standard InChI is InChI=1S/C34H45FN2O2S/c1-5-6-7-8-9-10-27-13-18-33(32(35)23-27)36-40(38,39)31-17-14-29-25-37(22-20-28(29)24-31)21-19-26-11-15-30(16-12-26)34(2,3)4/h11-18,23-24,36H,5-10,19-22,25H2,1-4H3. The van der Waals surface area contributed by atoms with E-state index in [1.165, 1.54) is 36.5 Å². The topological polar surface area (TPSA) is 49.4 Å². The Balaban J connectivity index is 1.33. The van der Waals surface area contributed by atoms with Crippen molar-refractivity contribution in [2.45, 2.75) is 95.9 Å². The van der Waals surface area contributed by atoms with Crippen LogP contribution in [0.4, 0.5) is 10.1 Å². The van der Waals surface area contributed by atoms with Gasteiger partial charge in [0.25, 0.3) is 10.0 Å². The van der Waals surface area contributed by atoms with E-state index in [9.17, 15) is 12.8 Å². The van der Waals surface area contributed by atoms with Gasteiger partial charge in [0.15, 0.2) is 0 Å². The molecule has 0 bridgehead atoms. The highest BCUT2D eigenvalue weighted by atomic mass is 32.2. The largest absolute Gasteiger partial charge is 0.298 e. The van der Waals surface area contributed by atoms with Crippen LogP contribution in [0.5, 0.6) is 0 Å². The molecule has 0 spiro atoms. The van der Waals surface area contributed by atoms with Crippen molar-refractivity contribution in [2.24, 2.45) is 0 Å². The molecular formula is C34H45FN2O2S. The van der Waals surface area contributed by atoms with Crippen molar-refractivity contribution in [1.82, 2.24) is 4.90 Å². The smallest absolute Gasteiger partial charge is 0.261 e. The van der Waals surface area contributed by atoms with E-state index >= 15 is 0 Å². The third-order valence-corrected chi connectivity index (χ3v) is 9.33. The van der Waals surface area contributed by atoms with Crippen LogP contribution in [0.25, 0.3) is 0 Å². The van der Waals surface area contributed by atoms with E-state index in [1.54, 1.807) is 18.2 Å². The first-order valence-electron chi connectivity index (χ1n) is 14.8. The number of hydrogen-bond acceptors (Lipinski definition) is 3. The number of benzene rings is 3. The van der Waals surface area contributed by atoms with Gasteiger partial charge >= 0.3 is 0 Å². The molecule has 0 amide bonds. The minimum Gasteiger partial charge on any atom is -0.298 e. The molecule has 4 nitrogen and oxygen atoms in total. The van der Waals surface area contributed by atoms with Gasteiger partial charge in [-0.25, -0.2) is 12.8 Å². The number of rotatable bonds is 12. The Morgan fingerprint density at radius 2 is 1.57 bits per heavy atom. The molecule has 0 aliphatic carbocycles. The van der Waals surface area contributed by atoms with Crippen LogP contribution in [0.2, 0.25) is 0 Å². The van der Waals surface area contributed by atoms with Crippen LogP contribution in [0.15, 0.2) is 65.6 Å². The molecule has 6 heteroatoms. The second-order valence-electron chi connectivity index (χ2n) is 12.2. The van der Waals surface area contributed by atoms with Gasteiger partial charge in [-0.3, -0.25) is 9.62 Å². The van der Waals surface area contributed by atoms with Crippen LogP contribution in [0.3, 0.4) is 0 Å². The molecule has 4 rings (SSSR count). The highest BCUT2D eigenvalue weighted by Crippen LogP contribution is 2.26. The third-order valence-electron chi connectivity index (χ3n) is 7.96. The quantitative estimate of drug-likeness (QED) is 0.227. The van der Waals surface area contributed by atoms with E-state index in [4.69, 9.17) is 0 Å². The highest BCUT2D eigenvalue weighted by Gasteiger charge is 2.22. The zero-order valence-corrected chi connectivity index (χ0v) is 25.4. The SMILES string of the molecule is CCCCCCCc1ccc(NS(=O)(=O)c2ccc3c(c2)CCN(CCc2ccc(C(C)(C)C)cc2)C3)c(F)c1. The summed E-state index contributed by atoms with van der Waals surface area (Å²) in [6.07, 6.45) is 8.35. The fourth-order valence-electron chi connectivity index (χ4n) is 5.34. The Kier molecular flexibility index (Phi) is 10.1. The molecule has 3 aromatic carbocycles. The van der Waals surface area contributed by atoms with Crippen molar-refractivity contribution < 1.29 is 12.8 Å². The lowest BCUT2D eigenvalue weighted by Gasteiger charge is -2.29. The molecule has 1 N–H and O–H groups in total. The maximum absolute atomic E-state index is 14.8. The van der Waals surface area contributed by atoms with Gasteiger partial charge in [-0.05, 0) is 83.2 Å². The van der Waals surface area contributed by atoms with Gasteiger partial charge < -0.3 is 0 Å². The number of fused-ring (bicyclic) bond motifs is 1. The number of nitrogens with one attached hydrogen (secondary N) is 1. The van der Waals surface area contributed by atoms with Crippen molar-refractivity contribution in [3.63, 3.8) is 0 Å². The van der Waals surface area contributed by atoms with Gasteiger partial charge in [-0.1, -0.05) is 89.8 Å². The van der Waals surface area contributed by atoms with Gasteiger partial charge in [0.1, 0.15) is 5.82 Å². The summed E-state index contributed by atoms with van der Waals surface area (Å²) in [6.45, 7) is 11.5. The summed E-state index contributed by atoms with van der Waals surface area (Å²) < 4.78 is 43.5. The molecule has 0 unspecified atom stereocenters. The second kappa shape index (κ2) is 13.3. The van der Waals surface area contributed by atoms with Crippen LogP contribution in [0.1, 0.15) is 87.6 Å². The molecule has 40 heavy (non-hydrogen) atoms. The second-order valence-corrected chi connectivity index (χ2v) is 13.9. The molecule has 216 valence electrons. The Morgan fingerprint density at radius 1 is 0.850 bits per heavy atom. The fraction of sp³-hybridized carbons (Fsp3) is 0.471. The monoisotopic (exact) mass is 564 g/mol. The minimum atomic E-state index is -3.89. The predicted molar refractivity (Wildman–Crippen MR) is 164 cm³/mol. The van der Waals surface area contributed by atoms with Crippen LogP contribution in [0, 0.1) is 5.82 Å². The third kappa shape index (κ3) is 8.17. The number of nitrogens with zero attached hydrogens (tertiary/aromatic N) is 1. The van der Waals surface area contributed by atoms with Gasteiger partial charge in [-0.2, -0.15) is 0 Å². The maximum Gasteiger partial charge on any atom is 0.261 e. The Hall–Kier alpha value is -2.70. The normalized spacial score (nSPS) is 14.2. The molecule has 1 aliphatic heterocycles. The lowest BCUT2D eigenvalue weighted by atomic mass is 9.86. The van der Waals surface area contributed by atoms with Crippen molar-refractivity contribution in [2.75, 3.05) is 17.8 Å². The number of aryl methyl sites for hydroxylation is 1. The van der Waals surface area contributed by atoms with E-state index in [-0.39, 0.29) is 16.0 Å². The number of anilines is 1. The first kappa shape index (κ1) is 30.3. The summed E-state index contributed by atoms with van der Waals surface area (Å²) in [5, 5.41) is 0. The van der Waals surface area contributed by atoms with E-state index in [2.05, 4.69) is 61.6 Å². The maximum atomic E-state index is 14.8. The van der Waals surface area contributed by atoms with E-state index in [1.807, 2.05) is 12.1 Å². The Bertz CT molecular complexity index is 1380. The fourth-order valence-corrected chi connectivity index (χ4v) is 6.46. The van der Waals surface area contributed by atoms with E-state index < -0.39 is 15.8 Å². The minimum absolute atomic E-state index is 0.00541. The van der Waals surface area contributed by atoms with E-state index in [0.29, 0.717) is 0 Å². The molecule has 0 atom stereocenters. The number of hydrogen-bond donors (Lipinski definition) is 1. The summed E-state index contributed by atoms with van der Waals surface area (Å²) in [5.74, 6) is -0.531. The molecule has 0 aromatic heterocycles. The van der Waals surface area contributed by atoms with Gasteiger partial charge in [0, 0.05) is 19.6 Å². The first-order chi connectivity index (χ1) is 19.0. The van der Waals surface area contributed by atoms with Crippen LogP contribution >= 0.6 is 0 Å². The summed E-state index contributed by atoms with van der Waals surface area (Å²) in [7, 11) is -3.89. The molecule has 0 fully saturated rings. The summed E-state index contributed by atoms with van der Waals surface area (Å²) >= 11 is 0. The summed E-state index contributed by atoms with van der Waals surface area (Å²) in [6, 6.07) is 19.0. The Labute approximate surface area is 241 Å². The number of halogens is 1. The molecule has 0 saturated carbocycles. The average molecular weight is 565 g/mol. The highest BCUT2D eigenvalue weighted by molar-refractivity contribution is 7.92. The van der Waals surface area contributed by atoms with Crippen molar-refractivity contribution in [1.29, 1.82) is 0 Å². The van der Waals surface area contributed by atoms with Crippen LogP contribution in [-0.4, -0.2) is 26.4 Å². The molecule has 0 radical (unpaired) electrons. The Morgan fingerprint density at radius 3 is 2.27 bits per heavy atom. The number of sulfonamides is 1. The molecule has 1 aliphatic rings. The number of unbranched alkanes of at least 4 members (excludes halogenated alkanes) is 4. The van der Waals surface area contributed by atoms with Crippen molar-refractivity contribution in [3.8, 4) is 0 Å². The lowest BCUT2D eigenvalue weighted by molar-refractivity contribution is 0.257. The predicted octanol–water partition coefficient (Wildman–Crippen LogP) is 8.04. The van der Waals surface area contributed by atoms with Crippen LogP contribution < -0.4 is 4.72 Å². The summed E-state index contributed by atoms with van der Waals surface area (Å²) in [5.41, 5.74) is 5.93. The average Bonchev–Trinajstić information content (AvgIpc) is 2.92. The van der Waals surface area contributed by atoms with E-state index in [0.717, 1.165) is 68.4 Å². The van der Waals surface area contributed by atoms with Crippen molar-refractivity contribution in [3.05, 3.63) is 94.3 Å². The van der Waals surface area contributed by atoms with Gasteiger partial charge in [0.2, 0.25) is 0 Å². The zero-order chi connectivity index (χ0) is 28.8.